The van der Waals surface area contributed by atoms with Gasteiger partial charge >= 0.3 is 6.09 Å². The number of anilines is 3. The molecule has 1 unspecified atom stereocenters. The molecule has 0 saturated heterocycles. The Labute approximate surface area is 251 Å². The fraction of sp³-hybridized carbons (Fsp3) is 0.345. The number of hydrogen-bond donors (Lipinski definition) is 3. The zero-order valence-corrected chi connectivity index (χ0v) is 24.9. The highest BCUT2D eigenvalue weighted by Crippen LogP contribution is 2.35. The second-order valence-corrected chi connectivity index (χ2v) is 11.3. The first kappa shape index (κ1) is 29.6. The van der Waals surface area contributed by atoms with Crippen LogP contribution >= 0.6 is 11.6 Å². The summed E-state index contributed by atoms with van der Waals surface area (Å²) in [5.74, 6) is 0.773. The molecule has 220 valence electrons. The molecule has 13 heteroatoms. The molecular formula is C29H32ClN7O4S. The van der Waals surface area contributed by atoms with Gasteiger partial charge in [-0.15, -0.1) is 10.2 Å². The van der Waals surface area contributed by atoms with E-state index in [1.807, 2.05) is 13.0 Å². The summed E-state index contributed by atoms with van der Waals surface area (Å²) >= 11 is 3.91. The Kier molecular flexibility index (Phi) is 9.15. The summed E-state index contributed by atoms with van der Waals surface area (Å²) in [4.78, 5) is 20.5. The number of nitrogens with one attached hydrogen (secondary N) is 1. The minimum atomic E-state index is -2.41. The molecule has 0 bridgehead atoms. The lowest BCUT2D eigenvalue weighted by Crippen LogP contribution is -2.32. The number of aryl methyl sites for hydroxylation is 2. The summed E-state index contributed by atoms with van der Waals surface area (Å²) in [6.07, 6.45) is 5.42. The van der Waals surface area contributed by atoms with Gasteiger partial charge in [0.05, 0.1) is 21.9 Å². The Morgan fingerprint density at radius 3 is 2.52 bits per heavy atom. The normalized spacial score (nSPS) is 17.5. The van der Waals surface area contributed by atoms with Crippen molar-refractivity contribution in [1.82, 2.24) is 20.2 Å². The van der Waals surface area contributed by atoms with Crippen molar-refractivity contribution in [2.45, 2.75) is 64.5 Å². The van der Waals surface area contributed by atoms with Gasteiger partial charge in [-0.1, -0.05) is 37.6 Å². The van der Waals surface area contributed by atoms with E-state index in [2.05, 4.69) is 33.5 Å². The van der Waals surface area contributed by atoms with Gasteiger partial charge in [0.15, 0.2) is 5.82 Å². The molecule has 1 saturated carbocycles. The van der Waals surface area contributed by atoms with Crippen LogP contribution < -0.4 is 15.4 Å². The van der Waals surface area contributed by atoms with E-state index in [4.69, 9.17) is 27.1 Å². The number of halogens is 1. The molecule has 1 amide bonds. The van der Waals surface area contributed by atoms with Gasteiger partial charge < -0.3 is 15.8 Å². The van der Waals surface area contributed by atoms with Gasteiger partial charge in [0, 0.05) is 23.2 Å². The second-order valence-electron chi connectivity index (χ2n) is 10.1. The summed E-state index contributed by atoms with van der Waals surface area (Å²) in [6.45, 7) is 4.07. The van der Waals surface area contributed by atoms with Crippen LogP contribution in [0.3, 0.4) is 0 Å². The van der Waals surface area contributed by atoms with E-state index in [9.17, 15) is 13.6 Å². The number of benzene rings is 2. The van der Waals surface area contributed by atoms with Gasteiger partial charge in [0.2, 0.25) is 5.95 Å². The Hall–Kier alpha value is -3.87. The number of nitrogens with two attached hydrogens (primary N) is 1. The van der Waals surface area contributed by atoms with Crippen molar-refractivity contribution in [2.75, 3.05) is 9.62 Å². The highest BCUT2D eigenvalue weighted by atomic mass is 35.5. The van der Waals surface area contributed by atoms with Crippen LogP contribution in [0.2, 0.25) is 5.02 Å². The Balaban J connectivity index is 1.43. The van der Waals surface area contributed by atoms with Gasteiger partial charge in [-0.3, -0.25) is 4.55 Å². The van der Waals surface area contributed by atoms with Crippen molar-refractivity contribution in [3.8, 4) is 11.3 Å². The molecule has 4 aromatic rings. The number of aromatic nitrogens is 4. The number of rotatable bonds is 9. The lowest BCUT2D eigenvalue weighted by molar-refractivity contribution is 0.0805. The van der Waals surface area contributed by atoms with E-state index < -0.39 is 17.4 Å². The number of nitrogens with zero attached hydrogens (tertiary/aromatic N) is 5. The molecule has 4 N–H and O–H groups in total. The quantitative estimate of drug-likeness (QED) is 0.195. The van der Waals surface area contributed by atoms with Crippen LogP contribution in [0.4, 0.5) is 22.2 Å². The zero-order valence-electron chi connectivity index (χ0n) is 23.3. The minimum Gasteiger partial charge on any atom is -0.446 e. The van der Waals surface area contributed by atoms with Crippen LogP contribution in [0.5, 0.6) is 0 Å². The smallest absolute Gasteiger partial charge is 0.404 e. The van der Waals surface area contributed by atoms with Crippen molar-refractivity contribution in [2.24, 2.45) is 5.73 Å². The molecule has 2 aromatic heterocycles. The minimum absolute atomic E-state index is 0.140. The summed E-state index contributed by atoms with van der Waals surface area (Å²) in [7, 11) is 0. The maximum Gasteiger partial charge on any atom is 0.404 e. The monoisotopic (exact) mass is 609 g/mol. The topological polar surface area (TPSA) is 156 Å². The van der Waals surface area contributed by atoms with E-state index >= 15 is 0 Å². The van der Waals surface area contributed by atoms with Crippen molar-refractivity contribution < 1.29 is 18.3 Å². The van der Waals surface area contributed by atoms with Crippen molar-refractivity contribution in [3.63, 3.8) is 0 Å². The summed E-state index contributed by atoms with van der Waals surface area (Å²) < 4.78 is 28.7. The highest BCUT2D eigenvalue weighted by Gasteiger charge is 2.25. The van der Waals surface area contributed by atoms with Gasteiger partial charge in [-0.2, -0.15) is 0 Å². The third-order valence-corrected chi connectivity index (χ3v) is 8.40. The van der Waals surface area contributed by atoms with Crippen LogP contribution in [0.25, 0.3) is 22.2 Å². The Morgan fingerprint density at radius 1 is 1.12 bits per heavy atom. The lowest BCUT2D eigenvalue weighted by Gasteiger charge is -2.28. The zero-order chi connectivity index (χ0) is 29.8. The van der Waals surface area contributed by atoms with E-state index in [-0.39, 0.29) is 18.0 Å². The number of hydrogen-bond acceptors (Lipinski definition) is 8. The molecule has 1 fully saturated rings. The van der Waals surface area contributed by atoms with Crippen molar-refractivity contribution >= 4 is 57.3 Å². The van der Waals surface area contributed by atoms with E-state index in [0.29, 0.717) is 28.8 Å². The fourth-order valence-electron chi connectivity index (χ4n) is 5.30. The SMILES string of the molecule is CCc1cc(N(c2ccccc2Cl)S(=O)O)nnc1-c1cc(CC)c2nc(NC3CCC(OC(N)=O)CC3)ncc2c1. The first-order valence-electron chi connectivity index (χ1n) is 13.8. The summed E-state index contributed by atoms with van der Waals surface area (Å²) in [5.41, 5.74) is 9.80. The molecule has 0 aliphatic heterocycles. The van der Waals surface area contributed by atoms with E-state index in [1.165, 1.54) is 0 Å². The highest BCUT2D eigenvalue weighted by molar-refractivity contribution is 7.81. The van der Waals surface area contributed by atoms with E-state index in [1.54, 1.807) is 36.5 Å². The molecule has 1 atom stereocenters. The van der Waals surface area contributed by atoms with Gasteiger partial charge in [-0.05, 0) is 80.0 Å². The first-order valence-corrected chi connectivity index (χ1v) is 15.3. The van der Waals surface area contributed by atoms with Crippen LogP contribution in [0.15, 0.2) is 48.7 Å². The molecule has 5 rings (SSSR count). The number of amides is 1. The van der Waals surface area contributed by atoms with Gasteiger partial charge in [-0.25, -0.2) is 23.3 Å². The number of primary amides is 1. The van der Waals surface area contributed by atoms with Crippen LogP contribution in [0, 0.1) is 0 Å². The molecule has 1 aliphatic carbocycles. The molecule has 42 heavy (non-hydrogen) atoms. The summed E-state index contributed by atoms with van der Waals surface area (Å²) in [6, 6.07) is 12.8. The van der Waals surface area contributed by atoms with E-state index in [0.717, 1.165) is 64.0 Å². The average Bonchev–Trinajstić information content (AvgIpc) is 2.98. The molecule has 0 spiro atoms. The largest absolute Gasteiger partial charge is 0.446 e. The standard InChI is InChI=1S/C29H32ClN7O4S/c1-3-17-13-19(14-20-16-32-29(34-26(17)20)33-21-9-11-22(12-10-21)41-28(31)38)27-18(4-2)15-25(35-36-27)37(42(39)40)24-8-6-5-7-23(24)30/h5-8,13-16,21-22H,3-4,9-12H2,1-2H3,(H2,31,38)(H,39,40)(H,32,33,34). The summed E-state index contributed by atoms with van der Waals surface area (Å²) in [5, 5.41) is 13.5. The third-order valence-electron chi connectivity index (χ3n) is 7.38. The van der Waals surface area contributed by atoms with Gasteiger partial charge in [0.1, 0.15) is 6.10 Å². The maximum atomic E-state index is 12.3. The van der Waals surface area contributed by atoms with Crippen molar-refractivity contribution in [1.29, 1.82) is 0 Å². The predicted octanol–water partition coefficient (Wildman–Crippen LogP) is 5.96. The molecule has 1 aliphatic rings. The van der Waals surface area contributed by atoms with Crippen molar-refractivity contribution in [3.05, 3.63) is 64.8 Å². The van der Waals surface area contributed by atoms with Crippen LogP contribution in [0.1, 0.15) is 50.7 Å². The Bertz CT molecular complexity index is 1630. The number of para-hydroxylation sites is 1. The fourth-order valence-corrected chi connectivity index (χ4v) is 6.15. The maximum absolute atomic E-state index is 12.3. The number of fused-ring (bicyclic) bond motifs is 1. The first-order chi connectivity index (χ1) is 20.3. The van der Waals surface area contributed by atoms with Crippen LogP contribution in [-0.2, 0) is 28.8 Å². The van der Waals surface area contributed by atoms with Crippen LogP contribution in [-0.4, -0.2) is 47.2 Å². The third kappa shape index (κ3) is 6.45. The lowest BCUT2D eigenvalue weighted by atomic mass is 9.93. The Morgan fingerprint density at radius 2 is 1.86 bits per heavy atom. The number of ether oxygens (including phenoxy) is 1. The molecule has 11 nitrogen and oxygen atoms in total. The number of carbonyl (C=O) groups excluding carboxylic acids is 1. The molecular weight excluding hydrogens is 578 g/mol. The number of carbonyl (C=O) groups is 1. The molecule has 0 radical (unpaired) electrons. The predicted molar refractivity (Wildman–Crippen MR) is 164 cm³/mol. The molecule has 2 heterocycles. The average molecular weight is 610 g/mol. The van der Waals surface area contributed by atoms with Gasteiger partial charge in [0.25, 0.3) is 11.3 Å². The molecule has 2 aromatic carbocycles. The second kappa shape index (κ2) is 13.0.